The molecule has 2 saturated carbocycles. The lowest BCUT2D eigenvalue weighted by Crippen LogP contribution is -2.14. The van der Waals surface area contributed by atoms with E-state index in [2.05, 4.69) is 0 Å². The van der Waals surface area contributed by atoms with Crippen molar-refractivity contribution in [2.24, 2.45) is 11.8 Å². The standard InChI is InChI=1S/C13H15FO/c14-10-4-1-8(2-5-10)12-7-9-3-6-11(12)13(9)15/h1-2,4-5,9,11-13,15H,3,6-7H2/t9-,11+,12-,13-/m1/s1. The highest BCUT2D eigenvalue weighted by Crippen LogP contribution is 2.52. The summed E-state index contributed by atoms with van der Waals surface area (Å²) in [6, 6.07) is 6.78. The van der Waals surface area contributed by atoms with Crippen molar-refractivity contribution in [1.82, 2.24) is 0 Å². The summed E-state index contributed by atoms with van der Waals surface area (Å²) < 4.78 is 12.8. The quantitative estimate of drug-likeness (QED) is 0.749. The van der Waals surface area contributed by atoms with Crippen LogP contribution in [0.3, 0.4) is 0 Å². The summed E-state index contributed by atoms with van der Waals surface area (Å²) in [6.45, 7) is 0. The number of aliphatic hydroxyl groups excluding tert-OH is 1. The minimum atomic E-state index is -0.178. The molecule has 0 unspecified atom stereocenters. The van der Waals surface area contributed by atoms with E-state index in [0.717, 1.165) is 12.8 Å². The van der Waals surface area contributed by atoms with Gasteiger partial charge in [-0.3, -0.25) is 0 Å². The maximum atomic E-state index is 12.8. The van der Waals surface area contributed by atoms with Crippen LogP contribution in [0.5, 0.6) is 0 Å². The van der Waals surface area contributed by atoms with Gasteiger partial charge in [-0.05, 0) is 54.7 Å². The molecule has 0 heterocycles. The predicted molar refractivity (Wildman–Crippen MR) is 56.0 cm³/mol. The lowest BCUT2D eigenvalue weighted by Gasteiger charge is -2.21. The van der Waals surface area contributed by atoms with Gasteiger partial charge < -0.3 is 5.11 Å². The number of fused-ring (bicyclic) bond motifs is 2. The van der Waals surface area contributed by atoms with Crippen LogP contribution in [-0.2, 0) is 0 Å². The fourth-order valence-corrected chi connectivity index (χ4v) is 3.39. The van der Waals surface area contributed by atoms with Crippen molar-refractivity contribution in [3.8, 4) is 0 Å². The molecular weight excluding hydrogens is 191 g/mol. The Labute approximate surface area is 88.9 Å². The van der Waals surface area contributed by atoms with Crippen LogP contribution in [0.1, 0.15) is 30.7 Å². The lowest BCUT2D eigenvalue weighted by molar-refractivity contribution is 0.126. The van der Waals surface area contributed by atoms with Crippen LogP contribution < -0.4 is 0 Å². The molecule has 2 bridgehead atoms. The van der Waals surface area contributed by atoms with Gasteiger partial charge >= 0.3 is 0 Å². The van der Waals surface area contributed by atoms with E-state index in [0.29, 0.717) is 17.8 Å². The van der Waals surface area contributed by atoms with Crippen LogP contribution in [0.25, 0.3) is 0 Å². The second-order valence-electron chi connectivity index (χ2n) is 4.89. The largest absolute Gasteiger partial charge is 0.393 e. The molecule has 0 aliphatic heterocycles. The molecule has 2 heteroatoms. The summed E-state index contributed by atoms with van der Waals surface area (Å²) in [6.07, 6.45) is 3.27. The van der Waals surface area contributed by atoms with Crippen LogP contribution in [0.4, 0.5) is 4.39 Å². The zero-order valence-corrected chi connectivity index (χ0v) is 8.57. The summed E-state index contributed by atoms with van der Waals surface area (Å²) >= 11 is 0. The predicted octanol–water partition coefficient (Wildman–Crippen LogP) is 2.70. The molecule has 1 aromatic carbocycles. The molecule has 0 amide bonds. The molecule has 0 spiro atoms. The Hall–Kier alpha value is -0.890. The van der Waals surface area contributed by atoms with Crippen molar-refractivity contribution in [1.29, 1.82) is 0 Å². The van der Waals surface area contributed by atoms with Crippen molar-refractivity contribution in [3.05, 3.63) is 35.6 Å². The molecule has 2 fully saturated rings. The topological polar surface area (TPSA) is 20.2 Å². The first kappa shape index (κ1) is 9.34. The molecule has 2 aliphatic carbocycles. The van der Waals surface area contributed by atoms with Gasteiger partial charge in [0.25, 0.3) is 0 Å². The Kier molecular flexibility index (Phi) is 2.06. The molecule has 1 nitrogen and oxygen atoms in total. The molecule has 0 radical (unpaired) electrons. The molecule has 1 N–H and O–H groups in total. The summed E-state index contributed by atoms with van der Waals surface area (Å²) in [5, 5.41) is 9.94. The van der Waals surface area contributed by atoms with Crippen molar-refractivity contribution in [2.45, 2.75) is 31.3 Å². The first-order chi connectivity index (χ1) is 7.25. The highest BCUT2D eigenvalue weighted by Gasteiger charge is 2.47. The zero-order valence-electron chi connectivity index (χ0n) is 8.57. The first-order valence-corrected chi connectivity index (χ1v) is 5.69. The normalized spacial score (nSPS) is 38.5. The number of hydrogen-bond donors (Lipinski definition) is 1. The second kappa shape index (κ2) is 3.31. The highest BCUT2D eigenvalue weighted by atomic mass is 19.1. The van der Waals surface area contributed by atoms with Crippen LogP contribution in [0.15, 0.2) is 24.3 Å². The number of hydrogen-bond acceptors (Lipinski definition) is 1. The molecule has 3 rings (SSSR count). The molecule has 4 atom stereocenters. The third-order valence-electron chi connectivity index (χ3n) is 4.16. The fourth-order valence-electron chi connectivity index (χ4n) is 3.39. The average Bonchev–Trinajstić information content (AvgIpc) is 2.75. The molecule has 0 aromatic heterocycles. The van der Waals surface area contributed by atoms with Crippen molar-refractivity contribution < 1.29 is 9.50 Å². The monoisotopic (exact) mass is 206 g/mol. The number of benzene rings is 1. The van der Waals surface area contributed by atoms with E-state index in [1.807, 2.05) is 12.1 Å². The first-order valence-electron chi connectivity index (χ1n) is 5.69. The van der Waals surface area contributed by atoms with Gasteiger partial charge in [0, 0.05) is 0 Å². The lowest BCUT2D eigenvalue weighted by atomic mass is 9.83. The summed E-state index contributed by atoms with van der Waals surface area (Å²) in [4.78, 5) is 0. The maximum absolute atomic E-state index is 12.8. The van der Waals surface area contributed by atoms with E-state index >= 15 is 0 Å². The van der Waals surface area contributed by atoms with Crippen molar-refractivity contribution in [3.63, 3.8) is 0 Å². The van der Waals surface area contributed by atoms with Crippen LogP contribution in [0, 0.1) is 17.7 Å². The third kappa shape index (κ3) is 1.39. The van der Waals surface area contributed by atoms with Gasteiger partial charge in [0.1, 0.15) is 5.82 Å². The Morgan fingerprint density at radius 1 is 1.13 bits per heavy atom. The smallest absolute Gasteiger partial charge is 0.123 e. The van der Waals surface area contributed by atoms with E-state index in [4.69, 9.17) is 0 Å². The number of rotatable bonds is 1. The van der Waals surface area contributed by atoms with Gasteiger partial charge in [0.15, 0.2) is 0 Å². The van der Waals surface area contributed by atoms with Crippen LogP contribution in [-0.4, -0.2) is 11.2 Å². The summed E-state index contributed by atoms with van der Waals surface area (Å²) in [5.41, 5.74) is 1.20. The van der Waals surface area contributed by atoms with E-state index < -0.39 is 0 Å². The third-order valence-corrected chi connectivity index (χ3v) is 4.16. The molecule has 15 heavy (non-hydrogen) atoms. The summed E-state index contributed by atoms with van der Waals surface area (Å²) in [5.74, 6) is 1.19. The Balaban J connectivity index is 1.87. The van der Waals surface area contributed by atoms with Crippen molar-refractivity contribution >= 4 is 0 Å². The molecular formula is C13H15FO. The molecule has 80 valence electrons. The van der Waals surface area contributed by atoms with E-state index in [1.54, 1.807) is 0 Å². The number of aliphatic hydroxyl groups is 1. The van der Waals surface area contributed by atoms with E-state index in [9.17, 15) is 9.50 Å². The Morgan fingerprint density at radius 2 is 1.87 bits per heavy atom. The molecule has 2 aliphatic rings. The van der Waals surface area contributed by atoms with Gasteiger partial charge in [-0.1, -0.05) is 12.1 Å². The average molecular weight is 206 g/mol. The molecule has 1 aromatic rings. The van der Waals surface area contributed by atoms with Crippen molar-refractivity contribution in [2.75, 3.05) is 0 Å². The number of halogens is 1. The second-order valence-corrected chi connectivity index (χ2v) is 4.89. The van der Waals surface area contributed by atoms with Gasteiger partial charge in [0.05, 0.1) is 6.10 Å². The van der Waals surface area contributed by atoms with Gasteiger partial charge in [0.2, 0.25) is 0 Å². The maximum Gasteiger partial charge on any atom is 0.123 e. The van der Waals surface area contributed by atoms with E-state index in [-0.39, 0.29) is 11.9 Å². The van der Waals surface area contributed by atoms with E-state index in [1.165, 1.54) is 24.1 Å². The summed E-state index contributed by atoms with van der Waals surface area (Å²) in [7, 11) is 0. The van der Waals surface area contributed by atoms with Gasteiger partial charge in [-0.2, -0.15) is 0 Å². The Morgan fingerprint density at radius 3 is 2.40 bits per heavy atom. The highest BCUT2D eigenvalue weighted by molar-refractivity contribution is 5.24. The van der Waals surface area contributed by atoms with Crippen LogP contribution in [0.2, 0.25) is 0 Å². The van der Waals surface area contributed by atoms with Gasteiger partial charge in [-0.25, -0.2) is 4.39 Å². The van der Waals surface area contributed by atoms with Crippen LogP contribution >= 0.6 is 0 Å². The van der Waals surface area contributed by atoms with Gasteiger partial charge in [-0.15, -0.1) is 0 Å². The zero-order chi connectivity index (χ0) is 10.4. The minimum Gasteiger partial charge on any atom is -0.393 e. The molecule has 0 saturated heterocycles. The SMILES string of the molecule is O[C@@H]1[C@@H]2CC[C@H]1[C@@H](c1ccc(F)cc1)C2. The fraction of sp³-hybridized carbons (Fsp3) is 0.538. The Bertz CT molecular complexity index is 359. The minimum absolute atomic E-state index is 0.111.